The van der Waals surface area contributed by atoms with Crippen LogP contribution in [0, 0.1) is 19.7 Å². The van der Waals surface area contributed by atoms with Crippen LogP contribution < -0.4 is 10.7 Å². The maximum absolute atomic E-state index is 13.6. The summed E-state index contributed by atoms with van der Waals surface area (Å²) in [6, 6.07) is 6.50. The first kappa shape index (κ1) is 17.9. The van der Waals surface area contributed by atoms with Gasteiger partial charge in [-0.05, 0) is 27.0 Å². The van der Waals surface area contributed by atoms with E-state index in [0.29, 0.717) is 28.9 Å². The average molecular weight is 331 g/mol. The number of carbonyl (C=O) groups is 1. The zero-order valence-corrected chi connectivity index (χ0v) is 14.1. The topological polar surface area (TPSA) is 65.2 Å². The molecule has 2 rings (SSSR count). The summed E-state index contributed by atoms with van der Waals surface area (Å²) in [6.45, 7) is 4.22. The first-order valence-electron chi connectivity index (χ1n) is 7.75. The minimum atomic E-state index is -0.280. The molecule has 0 radical (unpaired) electrons. The maximum Gasteiger partial charge on any atom is 0.234 e. The van der Waals surface area contributed by atoms with Crippen LogP contribution in [-0.2, 0) is 17.9 Å². The van der Waals surface area contributed by atoms with Gasteiger partial charge in [0.1, 0.15) is 5.82 Å². The molecule has 5 nitrogen and oxygen atoms in total. The lowest BCUT2D eigenvalue weighted by Gasteiger charge is -2.17. The molecule has 0 bridgehead atoms. The minimum absolute atomic E-state index is 0.0188. The number of aromatic nitrogens is 1. The quantitative estimate of drug-likeness (QED) is 0.849. The van der Waals surface area contributed by atoms with Crippen molar-refractivity contribution in [3.63, 3.8) is 0 Å². The number of nitrogens with one attached hydrogen (secondary N) is 2. The third-order valence-corrected chi connectivity index (χ3v) is 3.89. The fourth-order valence-electron chi connectivity index (χ4n) is 2.45. The molecule has 1 amide bonds. The number of pyridine rings is 1. The molecule has 0 aliphatic carbocycles. The third kappa shape index (κ3) is 4.52. The van der Waals surface area contributed by atoms with Crippen molar-refractivity contribution in [2.75, 3.05) is 13.6 Å². The maximum atomic E-state index is 13.6. The number of nitrogens with zero attached hydrogens (tertiary/aromatic N) is 1. The van der Waals surface area contributed by atoms with Gasteiger partial charge in [-0.2, -0.15) is 0 Å². The third-order valence-electron chi connectivity index (χ3n) is 3.89. The second-order valence-corrected chi connectivity index (χ2v) is 5.94. The molecule has 2 aromatic rings. The van der Waals surface area contributed by atoms with Crippen LogP contribution in [0.5, 0.6) is 0 Å². The van der Waals surface area contributed by atoms with Gasteiger partial charge >= 0.3 is 0 Å². The second kappa shape index (κ2) is 7.88. The van der Waals surface area contributed by atoms with E-state index in [1.807, 2.05) is 0 Å². The highest BCUT2D eigenvalue weighted by molar-refractivity contribution is 5.77. The Morgan fingerprint density at radius 3 is 2.71 bits per heavy atom. The molecule has 0 unspecified atom stereocenters. The molecule has 0 spiro atoms. The van der Waals surface area contributed by atoms with Crippen molar-refractivity contribution in [1.82, 2.24) is 15.2 Å². The van der Waals surface area contributed by atoms with Gasteiger partial charge in [-0.15, -0.1) is 0 Å². The van der Waals surface area contributed by atoms with Crippen molar-refractivity contribution in [3.8, 4) is 0 Å². The van der Waals surface area contributed by atoms with Crippen LogP contribution in [0.25, 0.3) is 0 Å². The number of benzene rings is 1. The van der Waals surface area contributed by atoms with E-state index in [0.717, 1.165) is 0 Å². The van der Waals surface area contributed by atoms with E-state index in [2.05, 4.69) is 10.3 Å². The zero-order chi connectivity index (χ0) is 17.7. The summed E-state index contributed by atoms with van der Waals surface area (Å²) in [4.78, 5) is 28.7. The predicted molar refractivity (Wildman–Crippen MR) is 91.1 cm³/mol. The minimum Gasteiger partial charge on any atom is -0.363 e. The molecule has 0 atom stereocenters. The van der Waals surface area contributed by atoms with Crippen LogP contribution in [-0.4, -0.2) is 29.4 Å². The van der Waals surface area contributed by atoms with Crippen LogP contribution in [0.1, 0.15) is 22.4 Å². The Hall–Kier alpha value is -2.47. The highest BCUT2D eigenvalue weighted by Gasteiger charge is 2.11. The smallest absolute Gasteiger partial charge is 0.234 e. The Bertz CT molecular complexity index is 786. The molecule has 2 N–H and O–H groups in total. The van der Waals surface area contributed by atoms with Gasteiger partial charge in [0.15, 0.2) is 5.43 Å². The van der Waals surface area contributed by atoms with Gasteiger partial charge in [-0.1, -0.05) is 18.2 Å². The fourth-order valence-corrected chi connectivity index (χ4v) is 2.45. The monoisotopic (exact) mass is 331 g/mol. The molecule has 1 aromatic heterocycles. The number of rotatable bonds is 6. The van der Waals surface area contributed by atoms with Crippen LogP contribution in [0.2, 0.25) is 0 Å². The first-order chi connectivity index (χ1) is 11.4. The van der Waals surface area contributed by atoms with E-state index in [-0.39, 0.29) is 30.2 Å². The molecule has 0 aliphatic heterocycles. The summed E-state index contributed by atoms with van der Waals surface area (Å²) in [5.74, 6) is -0.465. The Balaban J connectivity index is 1.88. The normalized spacial score (nSPS) is 10.9. The van der Waals surface area contributed by atoms with Gasteiger partial charge in [0, 0.05) is 35.1 Å². The molecule has 0 aliphatic rings. The van der Waals surface area contributed by atoms with Crippen molar-refractivity contribution in [2.45, 2.75) is 26.9 Å². The molecular formula is C18H22FN3O2. The fraction of sp³-hybridized carbons (Fsp3) is 0.333. The average Bonchev–Trinajstić information content (AvgIpc) is 2.54. The molecular weight excluding hydrogens is 309 g/mol. The van der Waals surface area contributed by atoms with Crippen LogP contribution in [0.3, 0.4) is 0 Å². The van der Waals surface area contributed by atoms with Crippen molar-refractivity contribution in [1.29, 1.82) is 0 Å². The molecule has 1 heterocycles. The van der Waals surface area contributed by atoms with E-state index in [1.165, 1.54) is 6.07 Å². The zero-order valence-electron chi connectivity index (χ0n) is 14.1. The van der Waals surface area contributed by atoms with E-state index >= 15 is 0 Å². The highest BCUT2D eigenvalue weighted by atomic mass is 19.1. The number of carbonyl (C=O) groups excluding carboxylic acids is 1. The molecule has 128 valence electrons. The number of aromatic amines is 1. The van der Waals surface area contributed by atoms with Gasteiger partial charge in [0.25, 0.3) is 0 Å². The standard InChI is InChI=1S/C18H22FN3O2/c1-12-8-20-16(13(2)18(12)24)9-21-17(23)11-22(3)10-14-6-4-5-7-15(14)19/h4-8H,9-11H2,1-3H3,(H,20,24)(H,21,23). The summed E-state index contributed by atoms with van der Waals surface area (Å²) in [5.41, 5.74) is 2.47. The van der Waals surface area contributed by atoms with Crippen molar-refractivity contribution in [2.24, 2.45) is 0 Å². The van der Waals surface area contributed by atoms with Crippen molar-refractivity contribution < 1.29 is 9.18 Å². The predicted octanol–water partition coefficient (Wildman–Crippen LogP) is 1.88. The Labute approximate surface area is 140 Å². The Kier molecular flexibility index (Phi) is 5.87. The number of hydrogen-bond acceptors (Lipinski definition) is 3. The molecule has 6 heteroatoms. The largest absolute Gasteiger partial charge is 0.363 e. The Morgan fingerprint density at radius 1 is 1.29 bits per heavy atom. The number of likely N-dealkylation sites (N-methyl/N-ethyl adjacent to an activating group) is 1. The van der Waals surface area contributed by atoms with Crippen molar-refractivity contribution >= 4 is 5.91 Å². The number of hydrogen-bond donors (Lipinski definition) is 2. The molecule has 0 fully saturated rings. The SMILES string of the molecule is Cc1c[nH]c(CNC(=O)CN(C)Cc2ccccc2F)c(C)c1=O. The molecule has 24 heavy (non-hydrogen) atoms. The van der Waals surface area contributed by atoms with Gasteiger partial charge in [-0.3, -0.25) is 14.5 Å². The number of H-pyrrole nitrogens is 1. The van der Waals surface area contributed by atoms with Crippen molar-refractivity contribution in [3.05, 3.63) is 68.9 Å². The lowest BCUT2D eigenvalue weighted by molar-refractivity contribution is -0.122. The summed E-state index contributed by atoms with van der Waals surface area (Å²) < 4.78 is 13.6. The van der Waals surface area contributed by atoms with Gasteiger partial charge in [0.05, 0.1) is 13.1 Å². The number of halogens is 1. The lowest BCUT2D eigenvalue weighted by atomic mass is 10.1. The highest BCUT2D eigenvalue weighted by Crippen LogP contribution is 2.08. The van der Waals surface area contributed by atoms with Crippen LogP contribution in [0.4, 0.5) is 4.39 Å². The van der Waals surface area contributed by atoms with E-state index in [1.54, 1.807) is 50.2 Å². The van der Waals surface area contributed by atoms with E-state index < -0.39 is 0 Å². The summed E-state index contributed by atoms with van der Waals surface area (Å²) in [5, 5.41) is 2.77. The van der Waals surface area contributed by atoms with E-state index in [4.69, 9.17) is 0 Å². The molecule has 0 saturated carbocycles. The van der Waals surface area contributed by atoms with E-state index in [9.17, 15) is 14.0 Å². The lowest BCUT2D eigenvalue weighted by Crippen LogP contribution is -2.35. The number of aryl methyl sites for hydroxylation is 1. The van der Waals surface area contributed by atoms with Gasteiger partial charge < -0.3 is 10.3 Å². The second-order valence-electron chi connectivity index (χ2n) is 5.94. The first-order valence-corrected chi connectivity index (χ1v) is 7.75. The summed E-state index contributed by atoms with van der Waals surface area (Å²) in [6.07, 6.45) is 1.64. The Morgan fingerprint density at radius 2 is 2.00 bits per heavy atom. The van der Waals surface area contributed by atoms with Crippen LogP contribution in [0.15, 0.2) is 35.3 Å². The summed E-state index contributed by atoms with van der Waals surface area (Å²) in [7, 11) is 1.75. The van der Waals surface area contributed by atoms with Crippen LogP contribution >= 0.6 is 0 Å². The van der Waals surface area contributed by atoms with Gasteiger partial charge in [0.2, 0.25) is 5.91 Å². The number of amides is 1. The summed E-state index contributed by atoms with van der Waals surface area (Å²) >= 11 is 0. The van der Waals surface area contributed by atoms with Gasteiger partial charge in [-0.25, -0.2) is 4.39 Å². The molecule has 1 aromatic carbocycles. The molecule has 0 saturated heterocycles.